The maximum absolute atomic E-state index is 10.6. The minimum Gasteiger partial charge on any atom is -0.744 e. The van der Waals surface area contributed by atoms with E-state index in [1.807, 2.05) is 0 Å². The number of hydrogen-bond donors (Lipinski definition) is 0. The summed E-state index contributed by atoms with van der Waals surface area (Å²) in [5.74, 6) is 0. The molecule has 0 unspecified atom stereocenters. The molecule has 0 spiro atoms. The topological polar surface area (TPSA) is 86.6 Å². The number of rotatable bonds is 2. The summed E-state index contributed by atoms with van der Waals surface area (Å²) in [5, 5.41) is 2.47. The van der Waals surface area contributed by atoms with Crippen molar-refractivity contribution in [2.24, 2.45) is 5.18 Å². The number of nitrogens with zero attached hydrogens (tertiary/aromatic N) is 1. The van der Waals surface area contributed by atoms with Gasteiger partial charge in [0, 0.05) is 0 Å². The maximum Gasteiger partial charge on any atom is 1.00 e. The third-order valence-corrected chi connectivity index (χ3v) is 2.71. The molecule has 0 amide bonds. The van der Waals surface area contributed by atoms with E-state index in [0.29, 0.717) is 0 Å². The summed E-state index contributed by atoms with van der Waals surface area (Å²) >= 11 is 5.54. The average molecular weight is 258 g/mol. The number of benzene rings is 1. The Morgan fingerprint density at radius 2 is 1.93 bits per heavy atom. The van der Waals surface area contributed by atoms with Crippen molar-refractivity contribution in [3.05, 3.63) is 27.6 Å². The summed E-state index contributed by atoms with van der Waals surface area (Å²) < 4.78 is 31.8. The molecule has 1 rings (SSSR count). The Kier molecular flexibility index (Phi) is 5.39. The molecule has 8 heteroatoms. The molecule has 15 heavy (non-hydrogen) atoms. The quantitative estimate of drug-likeness (QED) is 0.384. The van der Waals surface area contributed by atoms with Crippen LogP contribution >= 0.6 is 11.6 Å². The van der Waals surface area contributed by atoms with Crippen LogP contribution in [0.3, 0.4) is 0 Å². The van der Waals surface area contributed by atoms with E-state index >= 15 is 0 Å². The minimum atomic E-state index is -4.55. The number of aryl methyl sites for hydroxylation is 1. The van der Waals surface area contributed by atoms with Crippen LogP contribution in [-0.4, -0.2) is 13.0 Å². The second-order valence-electron chi connectivity index (χ2n) is 2.62. The predicted octanol–water partition coefficient (Wildman–Crippen LogP) is -1.05. The van der Waals surface area contributed by atoms with Crippen molar-refractivity contribution in [3.8, 4) is 0 Å². The Bertz CT molecular complexity index is 465. The van der Waals surface area contributed by atoms with E-state index in [2.05, 4.69) is 5.18 Å². The molecule has 76 valence electrons. The van der Waals surface area contributed by atoms with Gasteiger partial charge >= 0.3 is 29.6 Å². The van der Waals surface area contributed by atoms with Gasteiger partial charge in [0.05, 0.1) is 9.92 Å². The van der Waals surface area contributed by atoms with Crippen molar-refractivity contribution in [2.45, 2.75) is 11.8 Å². The molecule has 0 fully saturated rings. The fourth-order valence-corrected chi connectivity index (χ4v) is 1.91. The molecule has 0 aliphatic heterocycles. The van der Waals surface area contributed by atoms with Crippen LogP contribution < -0.4 is 29.6 Å². The standard InChI is InChI=1S/C7H6ClNO4S.Na/c1-4-2-5(14(11,12)13)3-6(8)7(4)9-10;/h2-3H,1H3,(H,11,12,13);/q;+1/p-1. The van der Waals surface area contributed by atoms with Crippen LogP contribution in [0.1, 0.15) is 5.56 Å². The van der Waals surface area contributed by atoms with Gasteiger partial charge < -0.3 is 4.55 Å². The third-order valence-electron chi connectivity index (χ3n) is 1.61. The number of hydrogen-bond acceptors (Lipinski definition) is 5. The van der Waals surface area contributed by atoms with E-state index < -0.39 is 15.0 Å². The van der Waals surface area contributed by atoms with Crippen molar-refractivity contribution >= 4 is 27.4 Å². The van der Waals surface area contributed by atoms with Crippen LogP contribution in [0.25, 0.3) is 0 Å². The Morgan fingerprint density at radius 1 is 1.40 bits per heavy atom. The van der Waals surface area contributed by atoms with Gasteiger partial charge in [-0.15, -0.1) is 4.91 Å². The fourth-order valence-electron chi connectivity index (χ4n) is 0.965. The monoisotopic (exact) mass is 257 g/mol. The molecule has 0 atom stereocenters. The van der Waals surface area contributed by atoms with Crippen LogP contribution in [0.15, 0.2) is 22.2 Å². The third kappa shape index (κ3) is 3.51. The number of nitroso groups, excluding NO2 is 1. The van der Waals surface area contributed by atoms with Crippen molar-refractivity contribution in [1.29, 1.82) is 0 Å². The zero-order valence-electron chi connectivity index (χ0n) is 8.02. The largest absolute Gasteiger partial charge is 1.00 e. The predicted molar refractivity (Wildman–Crippen MR) is 49.6 cm³/mol. The Hall–Kier alpha value is 0.0200. The molecule has 0 aromatic heterocycles. The zero-order valence-corrected chi connectivity index (χ0v) is 11.6. The smallest absolute Gasteiger partial charge is 0.744 e. The van der Waals surface area contributed by atoms with Crippen molar-refractivity contribution in [3.63, 3.8) is 0 Å². The van der Waals surface area contributed by atoms with Gasteiger partial charge in [0.15, 0.2) is 0 Å². The molecule has 5 nitrogen and oxygen atoms in total. The summed E-state index contributed by atoms with van der Waals surface area (Å²) in [5.41, 5.74) is 0.195. The van der Waals surface area contributed by atoms with Crippen LogP contribution in [0, 0.1) is 11.8 Å². The van der Waals surface area contributed by atoms with Gasteiger partial charge in [-0.3, -0.25) is 0 Å². The van der Waals surface area contributed by atoms with Gasteiger partial charge in [-0.25, -0.2) is 8.42 Å². The molecule has 1 aromatic carbocycles. The van der Waals surface area contributed by atoms with Crippen molar-refractivity contribution < 1.29 is 42.5 Å². The number of halogens is 1. The van der Waals surface area contributed by atoms with Gasteiger partial charge in [-0.1, -0.05) is 11.6 Å². The van der Waals surface area contributed by atoms with E-state index in [-0.39, 0.29) is 45.8 Å². The van der Waals surface area contributed by atoms with E-state index in [1.54, 1.807) is 0 Å². The normalized spacial score (nSPS) is 10.6. The molecule has 0 bridgehead atoms. The minimum absolute atomic E-state index is 0. The molecular weight excluding hydrogens is 253 g/mol. The summed E-state index contributed by atoms with van der Waals surface area (Å²) in [7, 11) is -4.55. The molecule has 0 saturated heterocycles. The summed E-state index contributed by atoms with van der Waals surface area (Å²) in [6.07, 6.45) is 0. The Labute approximate surface area is 114 Å². The van der Waals surface area contributed by atoms with Crippen LogP contribution in [0.2, 0.25) is 5.02 Å². The van der Waals surface area contributed by atoms with Crippen molar-refractivity contribution in [2.75, 3.05) is 0 Å². The van der Waals surface area contributed by atoms with Gasteiger partial charge in [0.25, 0.3) is 0 Å². The molecule has 0 aliphatic rings. The van der Waals surface area contributed by atoms with E-state index in [1.165, 1.54) is 6.92 Å². The van der Waals surface area contributed by atoms with E-state index in [9.17, 15) is 17.9 Å². The summed E-state index contributed by atoms with van der Waals surface area (Å²) in [6.45, 7) is 1.44. The zero-order chi connectivity index (χ0) is 10.9. The first kappa shape index (κ1) is 15.0. The summed E-state index contributed by atoms with van der Waals surface area (Å²) in [6, 6.07) is 1.97. The SMILES string of the molecule is Cc1cc(S(=O)(=O)[O-])cc(Cl)c1N=O.[Na+]. The molecule has 1 aromatic rings. The Morgan fingerprint density at radius 3 is 2.27 bits per heavy atom. The first-order valence-corrected chi connectivity index (χ1v) is 5.24. The van der Waals surface area contributed by atoms with Crippen LogP contribution in [-0.2, 0) is 10.1 Å². The van der Waals surface area contributed by atoms with Gasteiger partial charge in [-0.05, 0) is 29.8 Å². The second kappa shape index (κ2) is 5.38. The van der Waals surface area contributed by atoms with Crippen LogP contribution in [0.4, 0.5) is 5.69 Å². The summed E-state index contributed by atoms with van der Waals surface area (Å²) in [4.78, 5) is 9.78. The van der Waals surface area contributed by atoms with Crippen molar-refractivity contribution in [1.82, 2.24) is 0 Å². The van der Waals surface area contributed by atoms with Gasteiger partial charge in [0.1, 0.15) is 15.8 Å². The molecule has 0 saturated carbocycles. The molecule has 0 radical (unpaired) electrons. The molecule has 0 aliphatic carbocycles. The average Bonchev–Trinajstić information content (AvgIpc) is 2.01. The molecular formula is C7H5ClNNaO4S. The molecule has 0 heterocycles. The Balaban J connectivity index is 0.00000196. The fraction of sp³-hybridized carbons (Fsp3) is 0.143. The first-order valence-electron chi connectivity index (χ1n) is 3.45. The van der Waals surface area contributed by atoms with E-state index in [4.69, 9.17) is 11.6 Å². The second-order valence-corrected chi connectivity index (χ2v) is 4.40. The molecule has 0 N–H and O–H groups in total. The first-order chi connectivity index (χ1) is 6.36. The van der Waals surface area contributed by atoms with Crippen LogP contribution in [0.5, 0.6) is 0 Å². The van der Waals surface area contributed by atoms with E-state index in [0.717, 1.165) is 12.1 Å². The van der Waals surface area contributed by atoms with Gasteiger partial charge in [-0.2, -0.15) is 0 Å². The van der Waals surface area contributed by atoms with Gasteiger partial charge in [0.2, 0.25) is 0 Å². The maximum atomic E-state index is 10.6.